The number of rotatable bonds is 4. The second kappa shape index (κ2) is 7.47. The zero-order valence-corrected chi connectivity index (χ0v) is 13.7. The Balaban J connectivity index is 2.10. The van der Waals surface area contributed by atoms with E-state index in [0.717, 1.165) is 0 Å². The van der Waals surface area contributed by atoms with Crippen molar-refractivity contribution >= 4 is 34.0 Å². The van der Waals surface area contributed by atoms with Crippen molar-refractivity contribution in [2.24, 2.45) is 0 Å². The van der Waals surface area contributed by atoms with Crippen molar-refractivity contribution < 1.29 is 27.0 Å². The van der Waals surface area contributed by atoms with Gasteiger partial charge in [0, 0.05) is 17.6 Å². The minimum absolute atomic E-state index is 0.0598. The number of anilines is 2. The molecule has 0 aliphatic heterocycles. The van der Waals surface area contributed by atoms with E-state index in [9.17, 15) is 27.0 Å². The Morgan fingerprint density at radius 2 is 1.44 bits per heavy atom. The number of hydrogen-bond acceptors (Lipinski definition) is 3. The van der Waals surface area contributed by atoms with Crippen LogP contribution in [0.15, 0.2) is 53.4 Å². The summed E-state index contributed by atoms with van der Waals surface area (Å²) in [6.07, 6.45) is -3.53. The molecule has 5 nitrogen and oxygen atoms in total. The maximum absolute atomic E-state index is 12.3. The van der Waals surface area contributed by atoms with Crippen LogP contribution < -0.4 is 10.6 Å². The normalized spacial score (nSPS) is 12.3. The summed E-state index contributed by atoms with van der Waals surface area (Å²) in [5, 5.41) is 4.26. The van der Waals surface area contributed by atoms with E-state index < -0.39 is 28.8 Å². The molecular formula is C16H13F3N2O3S. The summed E-state index contributed by atoms with van der Waals surface area (Å²) in [5.41, 5.74) is 0.486. The van der Waals surface area contributed by atoms with Crippen molar-refractivity contribution in [3.05, 3.63) is 54.1 Å². The summed E-state index contributed by atoms with van der Waals surface area (Å²) < 4.78 is 48.2. The minimum atomic E-state index is -4.98. The molecule has 0 saturated carbocycles. The lowest BCUT2D eigenvalue weighted by atomic mass is 10.2. The minimum Gasteiger partial charge on any atom is -0.322 e. The molecule has 0 radical (unpaired) electrons. The molecular weight excluding hydrogens is 357 g/mol. The molecule has 0 aliphatic rings. The topological polar surface area (TPSA) is 75.3 Å². The van der Waals surface area contributed by atoms with Gasteiger partial charge in [-0.05, 0) is 36.4 Å². The number of benzene rings is 2. The molecule has 0 fully saturated rings. The van der Waals surface area contributed by atoms with E-state index in [2.05, 4.69) is 5.32 Å². The van der Waals surface area contributed by atoms with Gasteiger partial charge >= 0.3 is 12.1 Å². The summed E-state index contributed by atoms with van der Waals surface area (Å²) in [5.74, 6) is -2.58. The van der Waals surface area contributed by atoms with Crippen LogP contribution in [0.2, 0.25) is 0 Å². The van der Waals surface area contributed by atoms with E-state index in [4.69, 9.17) is 0 Å². The SMILES string of the molecule is CS(=O)c1ccccc1C(=O)Nc1ccc(NC(=O)C(F)(F)F)cc1. The monoisotopic (exact) mass is 370 g/mol. The Bertz CT molecular complexity index is 820. The fraction of sp³-hybridized carbons (Fsp3) is 0.125. The molecule has 9 heteroatoms. The number of alkyl halides is 3. The van der Waals surface area contributed by atoms with Crippen LogP contribution in [-0.4, -0.2) is 28.5 Å². The van der Waals surface area contributed by atoms with Gasteiger partial charge in [-0.3, -0.25) is 13.8 Å². The highest BCUT2D eigenvalue weighted by Gasteiger charge is 2.38. The molecule has 2 aromatic carbocycles. The standard InChI is InChI=1S/C16H13F3N2O3S/c1-25(24)13-5-3-2-4-12(13)14(22)20-10-6-8-11(9-7-10)21-15(23)16(17,18)19/h2-9H,1H3,(H,20,22)(H,21,23). The molecule has 1 atom stereocenters. The Hall–Kier alpha value is -2.68. The van der Waals surface area contributed by atoms with Crippen molar-refractivity contribution in [2.45, 2.75) is 11.1 Å². The van der Waals surface area contributed by atoms with Crippen LogP contribution >= 0.6 is 0 Å². The third-order valence-electron chi connectivity index (χ3n) is 3.10. The van der Waals surface area contributed by atoms with Gasteiger partial charge < -0.3 is 10.6 Å². The van der Waals surface area contributed by atoms with Gasteiger partial charge in [-0.15, -0.1) is 0 Å². The number of carbonyl (C=O) groups is 2. The molecule has 132 valence electrons. The molecule has 2 N–H and O–H groups in total. The smallest absolute Gasteiger partial charge is 0.322 e. The summed E-state index contributed by atoms with van der Waals surface area (Å²) in [7, 11) is -1.35. The molecule has 2 amide bonds. The molecule has 25 heavy (non-hydrogen) atoms. The fourth-order valence-corrected chi connectivity index (χ4v) is 2.68. The van der Waals surface area contributed by atoms with Crippen LogP contribution in [-0.2, 0) is 15.6 Å². The first-order chi connectivity index (χ1) is 11.7. The largest absolute Gasteiger partial charge is 0.471 e. The lowest BCUT2D eigenvalue weighted by molar-refractivity contribution is -0.167. The third kappa shape index (κ3) is 4.90. The molecule has 0 aliphatic carbocycles. The third-order valence-corrected chi connectivity index (χ3v) is 4.07. The Morgan fingerprint density at radius 3 is 1.96 bits per heavy atom. The van der Waals surface area contributed by atoms with Crippen molar-refractivity contribution in [2.75, 3.05) is 16.9 Å². The summed E-state index contributed by atoms with van der Waals surface area (Å²) in [4.78, 5) is 23.5. The molecule has 0 heterocycles. The quantitative estimate of drug-likeness (QED) is 0.868. The first-order valence-electron chi connectivity index (χ1n) is 6.90. The fourth-order valence-electron chi connectivity index (χ4n) is 1.94. The van der Waals surface area contributed by atoms with Crippen LogP contribution in [0.25, 0.3) is 0 Å². The predicted octanol–water partition coefficient (Wildman–Crippen LogP) is 3.18. The Kier molecular flexibility index (Phi) is 5.58. The van der Waals surface area contributed by atoms with E-state index in [1.54, 1.807) is 23.5 Å². The van der Waals surface area contributed by atoms with E-state index in [-0.39, 0.29) is 11.3 Å². The average molecular weight is 370 g/mol. The molecule has 2 aromatic rings. The molecule has 0 bridgehead atoms. The van der Waals surface area contributed by atoms with Crippen molar-refractivity contribution in [1.82, 2.24) is 0 Å². The van der Waals surface area contributed by atoms with E-state index in [1.165, 1.54) is 36.6 Å². The summed E-state index contributed by atoms with van der Waals surface area (Å²) >= 11 is 0. The number of nitrogens with one attached hydrogen (secondary N) is 2. The van der Waals surface area contributed by atoms with Gasteiger partial charge in [0.05, 0.1) is 21.3 Å². The highest BCUT2D eigenvalue weighted by Crippen LogP contribution is 2.20. The van der Waals surface area contributed by atoms with Gasteiger partial charge in [-0.25, -0.2) is 0 Å². The zero-order chi connectivity index (χ0) is 18.6. The van der Waals surface area contributed by atoms with Crippen LogP contribution in [0.4, 0.5) is 24.5 Å². The maximum Gasteiger partial charge on any atom is 0.471 e. The van der Waals surface area contributed by atoms with Crippen LogP contribution in [0.5, 0.6) is 0 Å². The molecule has 1 unspecified atom stereocenters. The van der Waals surface area contributed by atoms with Gasteiger partial charge in [-0.2, -0.15) is 13.2 Å². The van der Waals surface area contributed by atoms with Gasteiger partial charge in [-0.1, -0.05) is 12.1 Å². The van der Waals surface area contributed by atoms with Crippen molar-refractivity contribution in [3.8, 4) is 0 Å². The summed E-state index contributed by atoms with van der Waals surface area (Å²) in [6, 6.07) is 11.5. The number of hydrogen-bond donors (Lipinski definition) is 2. The van der Waals surface area contributed by atoms with Crippen LogP contribution in [0.1, 0.15) is 10.4 Å². The highest BCUT2D eigenvalue weighted by molar-refractivity contribution is 7.84. The number of amides is 2. The molecule has 2 rings (SSSR count). The van der Waals surface area contributed by atoms with Gasteiger partial charge in [0.15, 0.2) is 0 Å². The van der Waals surface area contributed by atoms with E-state index in [0.29, 0.717) is 10.6 Å². The highest BCUT2D eigenvalue weighted by atomic mass is 32.2. The van der Waals surface area contributed by atoms with Crippen molar-refractivity contribution in [1.29, 1.82) is 0 Å². The van der Waals surface area contributed by atoms with Gasteiger partial charge in [0.2, 0.25) is 0 Å². The maximum atomic E-state index is 12.3. The first-order valence-corrected chi connectivity index (χ1v) is 8.46. The van der Waals surface area contributed by atoms with Crippen LogP contribution in [0.3, 0.4) is 0 Å². The lowest BCUT2D eigenvalue weighted by Crippen LogP contribution is -2.29. The van der Waals surface area contributed by atoms with Crippen molar-refractivity contribution in [3.63, 3.8) is 0 Å². The van der Waals surface area contributed by atoms with E-state index >= 15 is 0 Å². The number of carbonyl (C=O) groups excluding carboxylic acids is 2. The second-order valence-corrected chi connectivity index (χ2v) is 6.28. The van der Waals surface area contributed by atoms with Crippen LogP contribution in [0, 0.1) is 0 Å². The molecule has 0 spiro atoms. The molecule has 0 saturated heterocycles. The Morgan fingerprint density at radius 1 is 0.920 bits per heavy atom. The van der Waals surface area contributed by atoms with Gasteiger partial charge in [0.1, 0.15) is 0 Å². The number of halogens is 3. The zero-order valence-electron chi connectivity index (χ0n) is 12.9. The average Bonchev–Trinajstić information content (AvgIpc) is 2.55. The summed E-state index contributed by atoms with van der Waals surface area (Å²) in [6.45, 7) is 0. The first kappa shape index (κ1) is 18.7. The Labute approximate surface area is 143 Å². The molecule has 0 aromatic heterocycles. The lowest BCUT2D eigenvalue weighted by Gasteiger charge is -2.10. The van der Waals surface area contributed by atoms with E-state index in [1.807, 2.05) is 0 Å². The second-order valence-electron chi connectivity index (χ2n) is 4.93. The predicted molar refractivity (Wildman–Crippen MR) is 87.9 cm³/mol. The van der Waals surface area contributed by atoms with Gasteiger partial charge in [0.25, 0.3) is 5.91 Å².